The summed E-state index contributed by atoms with van der Waals surface area (Å²) in [6.07, 6.45) is 4.14. The highest BCUT2D eigenvalue weighted by Gasteiger charge is 2.18. The molecule has 18 heavy (non-hydrogen) atoms. The minimum absolute atomic E-state index is 0.822. The highest BCUT2D eigenvalue weighted by Crippen LogP contribution is 2.37. The summed E-state index contributed by atoms with van der Waals surface area (Å²) in [6.45, 7) is 0. The van der Waals surface area contributed by atoms with Gasteiger partial charge in [0, 0.05) is 12.7 Å². The molecule has 0 unspecified atom stereocenters. The molecule has 1 saturated carbocycles. The summed E-state index contributed by atoms with van der Waals surface area (Å²) in [7, 11) is 1.96. The van der Waals surface area contributed by atoms with Crippen molar-refractivity contribution >= 4 is 5.69 Å². The van der Waals surface area contributed by atoms with E-state index in [1.165, 1.54) is 36.0 Å². The van der Waals surface area contributed by atoms with Crippen LogP contribution in [0.5, 0.6) is 0 Å². The van der Waals surface area contributed by atoms with E-state index in [-0.39, 0.29) is 0 Å². The minimum atomic E-state index is 0.822. The summed E-state index contributed by atoms with van der Waals surface area (Å²) in [5.41, 5.74) is 5.25. The molecule has 0 atom stereocenters. The van der Waals surface area contributed by atoms with Crippen LogP contribution in [-0.2, 0) is 0 Å². The van der Waals surface area contributed by atoms with Crippen LogP contribution in [0.3, 0.4) is 0 Å². The minimum Gasteiger partial charge on any atom is -0.388 e. The molecule has 3 rings (SSSR count). The van der Waals surface area contributed by atoms with Crippen molar-refractivity contribution < 1.29 is 0 Å². The monoisotopic (exact) mass is 237 g/mol. The highest BCUT2D eigenvalue weighted by atomic mass is 14.8. The largest absolute Gasteiger partial charge is 0.388 e. The van der Waals surface area contributed by atoms with Crippen molar-refractivity contribution in [2.75, 3.05) is 12.4 Å². The molecule has 1 aliphatic carbocycles. The molecule has 92 valence electrons. The molecule has 2 aromatic rings. The second-order valence-corrected chi connectivity index (χ2v) is 5.08. The lowest BCUT2D eigenvalue weighted by Crippen LogP contribution is -2.08. The maximum atomic E-state index is 3.18. The molecule has 0 radical (unpaired) electrons. The Morgan fingerprint density at radius 1 is 0.944 bits per heavy atom. The average Bonchev–Trinajstić information content (AvgIpc) is 2.38. The number of benzene rings is 2. The zero-order chi connectivity index (χ0) is 12.4. The van der Waals surface area contributed by atoms with Crippen molar-refractivity contribution in [3.63, 3.8) is 0 Å². The van der Waals surface area contributed by atoms with Crippen molar-refractivity contribution in [3.8, 4) is 11.1 Å². The summed E-state index contributed by atoms with van der Waals surface area (Å²) in [6, 6.07) is 17.6. The van der Waals surface area contributed by atoms with Crippen LogP contribution in [0.2, 0.25) is 0 Å². The van der Waals surface area contributed by atoms with Crippen LogP contribution in [0.1, 0.15) is 30.7 Å². The summed E-state index contributed by atoms with van der Waals surface area (Å²) in [4.78, 5) is 0. The zero-order valence-electron chi connectivity index (χ0n) is 10.8. The summed E-state index contributed by atoms with van der Waals surface area (Å²) < 4.78 is 0. The van der Waals surface area contributed by atoms with E-state index >= 15 is 0 Å². The molecule has 0 aliphatic heterocycles. The van der Waals surface area contributed by atoms with Gasteiger partial charge in [-0.3, -0.25) is 0 Å². The van der Waals surface area contributed by atoms with Gasteiger partial charge < -0.3 is 5.32 Å². The van der Waals surface area contributed by atoms with Crippen molar-refractivity contribution in [1.29, 1.82) is 0 Å². The highest BCUT2D eigenvalue weighted by molar-refractivity contribution is 5.68. The van der Waals surface area contributed by atoms with Gasteiger partial charge >= 0.3 is 0 Å². The van der Waals surface area contributed by atoms with Crippen LogP contribution in [0.4, 0.5) is 5.69 Å². The van der Waals surface area contributed by atoms with E-state index in [9.17, 15) is 0 Å². The molecule has 0 aromatic heterocycles. The second-order valence-electron chi connectivity index (χ2n) is 5.08. The Balaban J connectivity index is 1.86. The predicted molar refractivity (Wildman–Crippen MR) is 78.0 cm³/mol. The smallest absolute Gasteiger partial charge is 0.0343 e. The van der Waals surface area contributed by atoms with Crippen LogP contribution in [0.25, 0.3) is 11.1 Å². The van der Waals surface area contributed by atoms with Crippen LogP contribution >= 0.6 is 0 Å². The Labute approximate surface area is 109 Å². The van der Waals surface area contributed by atoms with E-state index in [1.54, 1.807) is 0 Å². The Morgan fingerprint density at radius 3 is 2.33 bits per heavy atom. The molecule has 0 bridgehead atoms. The van der Waals surface area contributed by atoms with Gasteiger partial charge in [0.05, 0.1) is 0 Å². The molecule has 0 heterocycles. The average molecular weight is 237 g/mol. The van der Waals surface area contributed by atoms with Crippen molar-refractivity contribution in [2.24, 2.45) is 0 Å². The van der Waals surface area contributed by atoms with Crippen LogP contribution < -0.4 is 5.32 Å². The molecule has 1 nitrogen and oxygen atoms in total. The SMILES string of the molecule is CNc1cccc(-c2ccc(C3CCC3)cc2)c1. The topological polar surface area (TPSA) is 12.0 Å². The van der Waals surface area contributed by atoms with Gasteiger partial charge in [0.1, 0.15) is 0 Å². The molecular weight excluding hydrogens is 218 g/mol. The molecule has 0 saturated heterocycles. The lowest BCUT2D eigenvalue weighted by molar-refractivity contribution is 0.420. The third-order valence-electron chi connectivity index (χ3n) is 3.97. The zero-order valence-corrected chi connectivity index (χ0v) is 10.8. The molecule has 1 N–H and O–H groups in total. The normalized spacial score (nSPS) is 15.2. The lowest BCUT2D eigenvalue weighted by Gasteiger charge is -2.25. The summed E-state index contributed by atoms with van der Waals surface area (Å²) >= 11 is 0. The number of hydrogen-bond donors (Lipinski definition) is 1. The van der Waals surface area contributed by atoms with Crippen LogP contribution in [-0.4, -0.2) is 7.05 Å². The number of rotatable bonds is 3. The van der Waals surface area contributed by atoms with Crippen molar-refractivity contribution in [3.05, 3.63) is 54.1 Å². The Hall–Kier alpha value is -1.76. The van der Waals surface area contributed by atoms with Gasteiger partial charge in [-0.25, -0.2) is 0 Å². The van der Waals surface area contributed by atoms with Gasteiger partial charge in [-0.05, 0) is 47.6 Å². The first-order chi connectivity index (χ1) is 8.86. The van der Waals surface area contributed by atoms with Crippen molar-refractivity contribution in [1.82, 2.24) is 0 Å². The van der Waals surface area contributed by atoms with E-state index in [0.717, 1.165) is 11.6 Å². The third-order valence-corrected chi connectivity index (χ3v) is 3.97. The summed E-state index contributed by atoms with van der Waals surface area (Å²) in [5.74, 6) is 0.822. The standard InChI is InChI=1S/C17H19N/c1-18-17-7-3-6-16(12-17)15-10-8-14(9-11-15)13-4-2-5-13/h3,6-13,18H,2,4-5H2,1H3. The van der Waals surface area contributed by atoms with Gasteiger partial charge in [0.2, 0.25) is 0 Å². The van der Waals surface area contributed by atoms with Gasteiger partial charge in [-0.1, -0.05) is 42.8 Å². The summed E-state index contributed by atoms with van der Waals surface area (Å²) in [5, 5.41) is 3.18. The predicted octanol–water partition coefficient (Wildman–Crippen LogP) is 4.66. The van der Waals surface area contributed by atoms with Crippen LogP contribution in [0.15, 0.2) is 48.5 Å². The number of nitrogens with one attached hydrogen (secondary N) is 1. The van der Waals surface area contributed by atoms with Gasteiger partial charge in [0.25, 0.3) is 0 Å². The van der Waals surface area contributed by atoms with Crippen LogP contribution in [0, 0.1) is 0 Å². The molecule has 1 fully saturated rings. The molecule has 2 aromatic carbocycles. The van der Waals surface area contributed by atoms with E-state index in [2.05, 4.69) is 53.8 Å². The van der Waals surface area contributed by atoms with E-state index in [0.29, 0.717) is 0 Å². The fourth-order valence-electron chi connectivity index (χ4n) is 2.54. The van der Waals surface area contributed by atoms with Crippen molar-refractivity contribution in [2.45, 2.75) is 25.2 Å². The molecule has 0 spiro atoms. The van der Waals surface area contributed by atoms with E-state index in [4.69, 9.17) is 0 Å². The van der Waals surface area contributed by atoms with Gasteiger partial charge in [0.15, 0.2) is 0 Å². The quantitative estimate of drug-likeness (QED) is 0.818. The molecule has 1 aliphatic rings. The Bertz CT molecular complexity index is 524. The molecule has 0 amide bonds. The second kappa shape index (κ2) is 4.85. The molecule has 1 heteroatoms. The lowest BCUT2D eigenvalue weighted by atomic mass is 9.80. The molecular formula is C17H19N. The maximum absolute atomic E-state index is 3.18. The maximum Gasteiger partial charge on any atom is 0.0343 e. The number of anilines is 1. The Morgan fingerprint density at radius 2 is 1.72 bits per heavy atom. The number of hydrogen-bond acceptors (Lipinski definition) is 1. The Kier molecular flexibility index (Phi) is 3.06. The fraction of sp³-hybridized carbons (Fsp3) is 0.294. The fourth-order valence-corrected chi connectivity index (χ4v) is 2.54. The van der Waals surface area contributed by atoms with Gasteiger partial charge in [-0.15, -0.1) is 0 Å². The third kappa shape index (κ3) is 2.13. The first-order valence-electron chi connectivity index (χ1n) is 6.75. The van der Waals surface area contributed by atoms with E-state index < -0.39 is 0 Å². The van der Waals surface area contributed by atoms with Gasteiger partial charge in [-0.2, -0.15) is 0 Å². The first kappa shape index (κ1) is 11.3. The van der Waals surface area contributed by atoms with E-state index in [1.807, 2.05) is 7.05 Å². The first-order valence-corrected chi connectivity index (χ1v) is 6.75.